The van der Waals surface area contributed by atoms with Gasteiger partial charge in [-0.05, 0) is 43.2 Å². The maximum absolute atomic E-state index is 13.4. The van der Waals surface area contributed by atoms with Crippen LogP contribution in [0.25, 0.3) is 0 Å². The lowest BCUT2D eigenvalue weighted by molar-refractivity contribution is -0.0305. The van der Waals surface area contributed by atoms with Gasteiger partial charge in [-0.1, -0.05) is 23.2 Å². The molecule has 0 radical (unpaired) electrons. The number of halogens is 3. The zero-order valence-corrected chi connectivity index (χ0v) is 21.2. The smallest absolute Gasteiger partial charge is 0.255 e. The molecule has 1 N–H and O–H groups in total. The van der Waals surface area contributed by atoms with Gasteiger partial charge in [0.15, 0.2) is 5.75 Å². The Morgan fingerprint density at radius 1 is 1.11 bits per heavy atom. The Morgan fingerprint density at radius 3 is 2.34 bits per heavy atom. The summed E-state index contributed by atoms with van der Waals surface area (Å²) in [5, 5.41) is 10.8. The van der Waals surface area contributed by atoms with Gasteiger partial charge in [0.1, 0.15) is 5.82 Å². The molecule has 2 atom stereocenters. The van der Waals surface area contributed by atoms with Gasteiger partial charge in [-0.3, -0.25) is 4.79 Å². The first-order valence-electron chi connectivity index (χ1n) is 11.2. The fourth-order valence-electron chi connectivity index (χ4n) is 5.00. The first kappa shape index (κ1) is 24.6. The molecule has 0 spiro atoms. The van der Waals surface area contributed by atoms with E-state index in [1.165, 1.54) is 35.6 Å². The molecule has 8 nitrogen and oxygen atoms in total. The zero-order valence-electron chi connectivity index (χ0n) is 18.8. The van der Waals surface area contributed by atoms with Crippen LogP contribution in [0.1, 0.15) is 23.2 Å². The van der Waals surface area contributed by atoms with Crippen LogP contribution in [0.4, 0.5) is 10.1 Å². The summed E-state index contributed by atoms with van der Waals surface area (Å²) in [4.78, 5) is 16.7. The highest BCUT2D eigenvalue weighted by Gasteiger charge is 2.43. The molecule has 0 saturated carbocycles. The quantitative estimate of drug-likeness (QED) is 0.621. The Hall–Kier alpha value is -2.11. The summed E-state index contributed by atoms with van der Waals surface area (Å²) in [6.07, 6.45) is 1.50. The zero-order chi connectivity index (χ0) is 25.1. The normalized spacial score (nSPS) is 22.5. The van der Waals surface area contributed by atoms with E-state index in [0.29, 0.717) is 32.0 Å². The van der Waals surface area contributed by atoms with Crippen LogP contribution in [-0.4, -0.2) is 80.1 Å². The first-order chi connectivity index (χ1) is 16.6. The summed E-state index contributed by atoms with van der Waals surface area (Å²) in [6, 6.07) is 5.82. The van der Waals surface area contributed by atoms with Crippen molar-refractivity contribution in [2.75, 3.05) is 38.3 Å². The number of carbonyl (C=O) groups excluding carboxylic acids is 1. The highest BCUT2D eigenvalue weighted by molar-refractivity contribution is 7.89. The number of anilines is 1. The molecule has 3 aliphatic rings. The van der Waals surface area contributed by atoms with Crippen LogP contribution >= 0.6 is 23.2 Å². The van der Waals surface area contributed by atoms with Gasteiger partial charge in [-0.25, -0.2) is 12.8 Å². The molecule has 0 aliphatic carbocycles. The van der Waals surface area contributed by atoms with Crippen LogP contribution in [0.5, 0.6) is 5.75 Å². The molecule has 3 heterocycles. The van der Waals surface area contributed by atoms with E-state index in [0.717, 1.165) is 18.9 Å². The first-order valence-corrected chi connectivity index (χ1v) is 13.4. The van der Waals surface area contributed by atoms with Crippen molar-refractivity contribution in [3.63, 3.8) is 0 Å². The lowest BCUT2D eigenvalue weighted by Gasteiger charge is -2.43. The number of piperazine rings is 1. The number of rotatable bonds is 5. The summed E-state index contributed by atoms with van der Waals surface area (Å²) in [5.74, 6) is -1.01. The number of hydrogen-bond acceptors (Lipinski definition) is 6. The highest BCUT2D eigenvalue weighted by atomic mass is 35.5. The third-order valence-corrected chi connectivity index (χ3v) is 9.53. The van der Waals surface area contributed by atoms with Crippen molar-refractivity contribution in [3.8, 4) is 5.75 Å². The molecule has 0 aromatic heterocycles. The largest absolute Gasteiger partial charge is 0.504 e. The van der Waals surface area contributed by atoms with E-state index in [1.54, 1.807) is 4.90 Å². The summed E-state index contributed by atoms with van der Waals surface area (Å²) < 4.78 is 46.2. The van der Waals surface area contributed by atoms with Gasteiger partial charge in [-0.15, -0.1) is 0 Å². The Labute approximate surface area is 212 Å². The van der Waals surface area contributed by atoms with E-state index in [1.807, 2.05) is 4.90 Å². The number of likely N-dealkylation sites (tertiary alicyclic amines) is 1. The molecule has 12 heteroatoms. The average Bonchev–Trinajstić information content (AvgIpc) is 3.02. The van der Waals surface area contributed by atoms with E-state index in [2.05, 4.69) is 0 Å². The Morgan fingerprint density at radius 2 is 1.77 bits per heavy atom. The fourth-order valence-corrected chi connectivity index (χ4v) is 6.90. The predicted molar refractivity (Wildman–Crippen MR) is 129 cm³/mol. The van der Waals surface area contributed by atoms with E-state index < -0.39 is 15.8 Å². The van der Waals surface area contributed by atoms with Crippen molar-refractivity contribution in [2.24, 2.45) is 0 Å². The van der Waals surface area contributed by atoms with Gasteiger partial charge in [0, 0.05) is 32.2 Å². The number of phenolic OH excluding ortho intramolecular Hbond substituents is 1. The Bertz CT molecular complexity index is 1280. The lowest BCUT2D eigenvalue weighted by Crippen LogP contribution is -2.55. The molecule has 188 valence electrons. The predicted octanol–water partition coefficient (Wildman–Crippen LogP) is 3.35. The molecule has 35 heavy (non-hydrogen) atoms. The molecule has 2 aromatic carbocycles. The number of ether oxygens (including phenoxy) is 1. The monoisotopic (exact) mass is 543 g/mol. The minimum absolute atomic E-state index is 0.0132. The number of amides is 1. The molecule has 1 amide bonds. The standard InChI is InChI=1S/C23H24Cl2FN3O5S/c1-27(16-11-34-12-16)35(32,33)17-7-20(25)22(30)21(8-17)29-14-3-4-15(29)10-28(9-14)23(31)18-5-2-13(26)6-19(18)24/h2,5-8,14-16,30H,3-4,9-12H2,1H3/t14-,15+. The minimum atomic E-state index is -3.86. The topological polar surface area (TPSA) is 90.4 Å². The molecule has 3 aliphatic heterocycles. The summed E-state index contributed by atoms with van der Waals surface area (Å²) >= 11 is 12.4. The van der Waals surface area contributed by atoms with Gasteiger partial charge < -0.3 is 19.6 Å². The number of phenols is 1. The van der Waals surface area contributed by atoms with Crippen LogP contribution in [0.15, 0.2) is 35.2 Å². The summed E-state index contributed by atoms with van der Waals surface area (Å²) in [6.45, 7) is 1.34. The molecule has 0 unspecified atom stereocenters. The van der Waals surface area contributed by atoms with Gasteiger partial charge in [0.2, 0.25) is 10.0 Å². The van der Waals surface area contributed by atoms with Crippen molar-refractivity contribution in [1.29, 1.82) is 0 Å². The van der Waals surface area contributed by atoms with Crippen molar-refractivity contribution in [3.05, 3.63) is 51.8 Å². The maximum atomic E-state index is 13.4. The molecule has 3 saturated heterocycles. The fraction of sp³-hybridized carbons (Fsp3) is 0.435. The van der Waals surface area contributed by atoms with Crippen LogP contribution in [-0.2, 0) is 14.8 Å². The number of aromatic hydroxyl groups is 1. The van der Waals surface area contributed by atoms with E-state index >= 15 is 0 Å². The second-order valence-corrected chi connectivity index (χ2v) is 11.9. The van der Waals surface area contributed by atoms with Crippen LogP contribution < -0.4 is 4.90 Å². The molecule has 3 fully saturated rings. The van der Waals surface area contributed by atoms with Crippen molar-refractivity contribution in [1.82, 2.24) is 9.21 Å². The van der Waals surface area contributed by atoms with Gasteiger partial charge in [0.25, 0.3) is 5.91 Å². The summed E-state index contributed by atoms with van der Waals surface area (Å²) in [7, 11) is -2.36. The Kier molecular flexibility index (Phi) is 6.38. The number of nitrogens with zero attached hydrogens (tertiary/aromatic N) is 3. The van der Waals surface area contributed by atoms with E-state index in [4.69, 9.17) is 27.9 Å². The van der Waals surface area contributed by atoms with Gasteiger partial charge >= 0.3 is 0 Å². The molecule has 5 rings (SSSR count). The van der Waals surface area contributed by atoms with Crippen LogP contribution in [0, 0.1) is 5.82 Å². The molecular formula is C23H24Cl2FN3O5S. The second kappa shape index (κ2) is 9.08. The van der Waals surface area contributed by atoms with Crippen LogP contribution in [0.2, 0.25) is 10.0 Å². The summed E-state index contributed by atoms with van der Waals surface area (Å²) in [5.41, 5.74) is 0.552. The Balaban J connectivity index is 1.43. The third-order valence-electron chi connectivity index (χ3n) is 7.04. The highest BCUT2D eigenvalue weighted by Crippen LogP contribution is 2.44. The van der Waals surface area contributed by atoms with Gasteiger partial charge in [-0.2, -0.15) is 4.31 Å². The molecular weight excluding hydrogens is 520 g/mol. The number of likely N-dealkylation sites (N-methyl/N-ethyl adjacent to an activating group) is 1. The molecule has 2 aromatic rings. The maximum Gasteiger partial charge on any atom is 0.255 e. The van der Waals surface area contributed by atoms with Crippen molar-refractivity contribution >= 4 is 44.8 Å². The van der Waals surface area contributed by atoms with Crippen LogP contribution in [0.3, 0.4) is 0 Å². The SMILES string of the molecule is CN(C1COC1)S(=O)(=O)c1cc(Cl)c(O)c(N2[C@@H]3CC[C@H]2CN(C(=O)c2ccc(F)cc2Cl)C3)c1. The number of hydrogen-bond donors (Lipinski definition) is 1. The number of sulfonamides is 1. The van der Waals surface area contributed by atoms with Crippen molar-refractivity contribution in [2.45, 2.75) is 35.9 Å². The third kappa shape index (κ3) is 4.25. The van der Waals surface area contributed by atoms with E-state index in [-0.39, 0.29) is 50.3 Å². The number of carbonyl (C=O) groups is 1. The van der Waals surface area contributed by atoms with E-state index in [9.17, 15) is 22.7 Å². The van der Waals surface area contributed by atoms with Gasteiger partial charge in [0.05, 0.1) is 45.4 Å². The second-order valence-electron chi connectivity index (χ2n) is 9.11. The number of fused-ring (bicyclic) bond motifs is 2. The average molecular weight is 544 g/mol. The lowest BCUT2D eigenvalue weighted by atomic mass is 10.1. The van der Waals surface area contributed by atoms with Crippen molar-refractivity contribution < 1.29 is 27.4 Å². The minimum Gasteiger partial charge on any atom is -0.504 e. The number of benzene rings is 2. The molecule has 2 bridgehead atoms.